The highest BCUT2D eigenvalue weighted by Crippen LogP contribution is 2.34. The second kappa shape index (κ2) is 6.19. The smallest absolute Gasteiger partial charge is 0.454 e. The number of alkyl halides is 3. The zero-order valence-electron chi connectivity index (χ0n) is 13.5. The monoisotopic (exact) mass is 369 g/mol. The Morgan fingerprint density at radius 2 is 2.00 bits per heavy atom. The van der Waals surface area contributed by atoms with Crippen LogP contribution in [-0.2, 0) is 6.18 Å². The predicted molar refractivity (Wildman–Crippen MR) is 79.7 cm³/mol. The van der Waals surface area contributed by atoms with Gasteiger partial charge >= 0.3 is 12.1 Å². The third-order valence-corrected chi connectivity index (χ3v) is 4.36. The number of piperidine rings is 1. The third kappa shape index (κ3) is 3.06. The van der Waals surface area contributed by atoms with Crippen molar-refractivity contribution in [2.45, 2.75) is 24.9 Å². The van der Waals surface area contributed by atoms with Crippen LogP contribution >= 0.6 is 0 Å². The number of benzene rings is 1. The number of rotatable bonds is 2. The van der Waals surface area contributed by atoms with E-state index >= 15 is 0 Å². The van der Waals surface area contributed by atoms with E-state index in [1.807, 2.05) is 0 Å². The molecule has 1 atom stereocenters. The van der Waals surface area contributed by atoms with Crippen molar-refractivity contribution in [2.75, 3.05) is 19.9 Å². The maximum Gasteiger partial charge on any atom is 0.470 e. The molecule has 0 spiro atoms. The fourth-order valence-electron chi connectivity index (χ4n) is 3.09. The number of hydrogen-bond acceptors (Lipinski definition) is 6. The van der Waals surface area contributed by atoms with Crippen molar-refractivity contribution < 1.29 is 31.9 Å². The van der Waals surface area contributed by atoms with Crippen LogP contribution in [-0.4, -0.2) is 40.9 Å². The molecule has 0 aliphatic carbocycles. The van der Waals surface area contributed by atoms with Gasteiger partial charge in [-0.2, -0.15) is 13.2 Å². The molecule has 138 valence electrons. The van der Waals surface area contributed by atoms with Crippen LogP contribution in [0.15, 0.2) is 22.6 Å². The standard InChI is InChI=1S/C16H14F3N3O4/c17-16(18,19)15-21-20-13(26-15)10-2-1-5-22(7-10)14(23)9-3-4-11-12(6-9)25-8-24-11/h3-4,6,10H,1-2,5,7-8H2. The molecular formula is C16H14F3N3O4. The Kier molecular flexibility index (Phi) is 3.97. The van der Waals surface area contributed by atoms with Gasteiger partial charge in [0.15, 0.2) is 11.5 Å². The molecule has 2 aromatic rings. The third-order valence-electron chi connectivity index (χ3n) is 4.36. The largest absolute Gasteiger partial charge is 0.470 e. The minimum Gasteiger partial charge on any atom is -0.454 e. The first-order valence-electron chi connectivity index (χ1n) is 8.01. The summed E-state index contributed by atoms with van der Waals surface area (Å²) >= 11 is 0. The van der Waals surface area contributed by atoms with Crippen LogP contribution in [0.3, 0.4) is 0 Å². The number of carbonyl (C=O) groups excluding carboxylic acids is 1. The number of amides is 1. The molecule has 0 bridgehead atoms. The maximum atomic E-state index is 12.7. The number of hydrogen-bond donors (Lipinski definition) is 0. The van der Waals surface area contributed by atoms with Crippen LogP contribution in [0.1, 0.15) is 40.9 Å². The van der Waals surface area contributed by atoms with Crippen molar-refractivity contribution in [1.82, 2.24) is 15.1 Å². The van der Waals surface area contributed by atoms with E-state index in [2.05, 4.69) is 10.2 Å². The average molecular weight is 369 g/mol. The lowest BCUT2D eigenvalue weighted by atomic mass is 9.97. The minimum absolute atomic E-state index is 0.0967. The van der Waals surface area contributed by atoms with Crippen molar-refractivity contribution in [2.24, 2.45) is 0 Å². The second-order valence-electron chi connectivity index (χ2n) is 6.10. The number of carbonyl (C=O) groups is 1. The Bertz CT molecular complexity index is 836. The summed E-state index contributed by atoms with van der Waals surface area (Å²) in [7, 11) is 0. The van der Waals surface area contributed by atoms with Crippen LogP contribution in [0.2, 0.25) is 0 Å². The molecule has 1 saturated heterocycles. The van der Waals surface area contributed by atoms with Gasteiger partial charge < -0.3 is 18.8 Å². The molecule has 0 saturated carbocycles. The molecule has 7 nitrogen and oxygen atoms in total. The molecule has 1 aromatic heterocycles. The predicted octanol–water partition coefficient (Wildman–Crippen LogP) is 2.84. The fraction of sp³-hybridized carbons (Fsp3) is 0.438. The summed E-state index contributed by atoms with van der Waals surface area (Å²) in [5.74, 6) is -1.05. The zero-order valence-corrected chi connectivity index (χ0v) is 13.5. The highest BCUT2D eigenvalue weighted by atomic mass is 19.4. The van der Waals surface area contributed by atoms with Crippen molar-refractivity contribution in [3.63, 3.8) is 0 Å². The van der Waals surface area contributed by atoms with Gasteiger partial charge in [-0.25, -0.2) is 0 Å². The molecule has 2 aliphatic rings. The van der Waals surface area contributed by atoms with E-state index in [0.29, 0.717) is 36.4 Å². The Hall–Kier alpha value is -2.78. The first kappa shape index (κ1) is 16.7. The van der Waals surface area contributed by atoms with Crippen molar-refractivity contribution in [3.8, 4) is 11.5 Å². The molecule has 3 heterocycles. The summed E-state index contributed by atoms with van der Waals surface area (Å²) in [6.07, 6.45) is -3.48. The van der Waals surface area contributed by atoms with Crippen LogP contribution in [0.4, 0.5) is 13.2 Å². The zero-order chi connectivity index (χ0) is 18.3. The molecule has 0 radical (unpaired) electrons. The van der Waals surface area contributed by atoms with Crippen molar-refractivity contribution in [1.29, 1.82) is 0 Å². The topological polar surface area (TPSA) is 77.7 Å². The Labute approximate surface area is 145 Å². The number of nitrogens with zero attached hydrogens (tertiary/aromatic N) is 3. The fourth-order valence-corrected chi connectivity index (χ4v) is 3.09. The molecule has 26 heavy (non-hydrogen) atoms. The van der Waals surface area contributed by atoms with Gasteiger partial charge in [-0.1, -0.05) is 0 Å². The second-order valence-corrected chi connectivity index (χ2v) is 6.10. The van der Waals surface area contributed by atoms with Gasteiger partial charge in [0.25, 0.3) is 5.91 Å². The van der Waals surface area contributed by atoms with Crippen LogP contribution < -0.4 is 9.47 Å². The first-order valence-corrected chi connectivity index (χ1v) is 8.01. The van der Waals surface area contributed by atoms with Gasteiger partial charge in [0.1, 0.15) is 0 Å². The lowest BCUT2D eigenvalue weighted by Gasteiger charge is -2.31. The molecular weight excluding hydrogens is 355 g/mol. The van der Waals surface area contributed by atoms with Crippen LogP contribution in [0, 0.1) is 0 Å². The summed E-state index contributed by atoms with van der Waals surface area (Å²) < 4.78 is 53.1. The molecule has 4 rings (SSSR count). The van der Waals surface area contributed by atoms with Crippen molar-refractivity contribution in [3.05, 3.63) is 35.5 Å². The van der Waals surface area contributed by atoms with Gasteiger partial charge in [0.2, 0.25) is 12.7 Å². The molecule has 0 N–H and O–H groups in total. The van der Waals surface area contributed by atoms with Gasteiger partial charge in [0, 0.05) is 18.7 Å². The van der Waals surface area contributed by atoms with E-state index in [0.717, 1.165) is 0 Å². The van der Waals surface area contributed by atoms with Gasteiger partial charge in [0.05, 0.1) is 5.92 Å². The number of aromatic nitrogens is 2. The van der Waals surface area contributed by atoms with E-state index in [4.69, 9.17) is 13.9 Å². The molecule has 10 heteroatoms. The van der Waals surface area contributed by atoms with E-state index in [-0.39, 0.29) is 25.1 Å². The Morgan fingerprint density at radius 3 is 2.77 bits per heavy atom. The van der Waals surface area contributed by atoms with Gasteiger partial charge in [-0.3, -0.25) is 4.79 Å². The van der Waals surface area contributed by atoms with E-state index in [1.165, 1.54) is 0 Å². The molecule has 1 aromatic carbocycles. The molecule has 1 fully saturated rings. The molecule has 1 amide bonds. The highest BCUT2D eigenvalue weighted by Gasteiger charge is 2.39. The highest BCUT2D eigenvalue weighted by molar-refractivity contribution is 5.95. The molecule has 1 unspecified atom stereocenters. The number of ether oxygens (including phenoxy) is 2. The quantitative estimate of drug-likeness (QED) is 0.810. The summed E-state index contributed by atoms with van der Waals surface area (Å²) in [5, 5.41) is 6.56. The Balaban J connectivity index is 1.49. The average Bonchev–Trinajstić information content (AvgIpc) is 3.29. The summed E-state index contributed by atoms with van der Waals surface area (Å²) in [4.78, 5) is 14.3. The van der Waals surface area contributed by atoms with E-state index < -0.39 is 18.0 Å². The molecule has 2 aliphatic heterocycles. The van der Waals surface area contributed by atoms with Crippen LogP contribution in [0.25, 0.3) is 0 Å². The maximum absolute atomic E-state index is 12.7. The lowest BCUT2D eigenvalue weighted by Crippen LogP contribution is -2.39. The van der Waals surface area contributed by atoms with E-state index in [1.54, 1.807) is 23.1 Å². The van der Waals surface area contributed by atoms with E-state index in [9.17, 15) is 18.0 Å². The Morgan fingerprint density at radius 1 is 1.19 bits per heavy atom. The van der Waals surface area contributed by atoms with Gasteiger partial charge in [-0.05, 0) is 31.0 Å². The lowest BCUT2D eigenvalue weighted by molar-refractivity contribution is -0.157. The summed E-state index contributed by atoms with van der Waals surface area (Å²) in [6, 6.07) is 4.89. The number of fused-ring (bicyclic) bond motifs is 1. The number of likely N-dealkylation sites (tertiary alicyclic amines) is 1. The number of halogens is 3. The van der Waals surface area contributed by atoms with Crippen LogP contribution in [0.5, 0.6) is 11.5 Å². The first-order chi connectivity index (χ1) is 12.4. The van der Waals surface area contributed by atoms with Gasteiger partial charge in [-0.15, -0.1) is 10.2 Å². The van der Waals surface area contributed by atoms with Crippen molar-refractivity contribution >= 4 is 5.91 Å². The minimum atomic E-state index is -4.68. The summed E-state index contributed by atoms with van der Waals surface area (Å²) in [6.45, 7) is 0.828. The normalized spacial score (nSPS) is 19.7. The SMILES string of the molecule is O=C(c1ccc2c(c1)OCO2)N1CCCC(c2nnc(C(F)(F)F)o2)C1. The summed E-state index contributed by atoms with van der Waals surface area (Å²) in [5.41, 5.74) is 0.427.